The lowest BCUT2D eigenvalue weighted by Crippen LogP contribution is -2.06. The van der Waals surface area contributed by atoms with Crippen molar-refractivity contribution in [3.8, 4) is 11.5 Å². The maximum Gasteiger partial charge on any atom is 0.231 e. The van der Waals surface area contributed by atoms with Gasteiger partial charge in [0.1, 0.15) is 6.10 Å². The van der Waals surface area contributed by atoms with Gasteiger partial charge in [-0.25, -0.2) is 4.68 Å². The van der Waals surface area contributed by atoms with Gasteiger partial charge in [-0.1, -0.05) is 11.3 Å². The number of nitrogens with zero attached hydrogens (tertiary/aromatic N) is 3. The second-order valence-corrected chi connectivity index (χ2v) is 3.80. The van der Waals surface area contributed by atoms with E-state index in [1.54, 1.807) is 25.2 Å². The van der Waals surface area contributed by atoms with Crippen LogP contribution in [0.4, 0.5) is 0 Å². The van der Waals surface area contributed by atoms with Crippen molar-refractivity contribution in [3.05, 3.63) is 35.7 Å². The molecular formula is C11H11N3O3. The zero-order chi connectivity index (χ0) is 11.8. The first kappa shape index (κ1) is 10.1. The normalized spacial score (nSPS) is 14.9. The molecule has 0 aliphatic carbocycles. The van der Waals surface area contributed by atoms with E-state index >= 15 is 0 Å². The average molecular weight is 233 g/mol. The number of fused-ring (bicyclic) bond motifs is 1. The second kappa shape index (κ2) is 3.74. The summed E-state index contributed by atoms with van der Waals surface area (Å²) in [5, 5.41) is 17.7. The van der Waals surface area contributed by atoms with Crippen LogP contribution in [-0.4, -0.2) is 26.9 Å². The largest absolute Gasteiger partial charge is 0.454 e. The summed E-state index contributed by atoms with van der Waals surface area (Å²) in [6.45, 7) is 0.224. The maximum absolute atomic E-state index is 10.2. The van der Waals surface area contributed by atoms with Crippen LogP contribution < -0.4 is 9.47 Å². The summed E-state index contributed by atoms with van der Waals surface area (Å²) in [4.78, 5) is 0. The lowest BCUT2D eigenvalue weighted by molar-refractivity contribution is 0.173. The van der Waals surface area contributed by atoms with Crippen molar-refractivity contribution in [2.24, 2.45) is 7.05 Å². The summed E-state index contributed by atoms with van der Waals surface area (Å²) in [6, 6.07) is 5.34. The summed E-state index contributed by atoms with van der Waals surface area (Å²) in [6.07, 6.45) is 0.763. The monoisotopic (exact) mass is 233 g/mol. The van der Waals surface area contributed by atoms with E-state index in [2.05, 4.69) is 10.3 Å². The van der Waals surface area contributed by atoms with E-state index in [4.69, 9.17) is 9.47 Å². The van der Waals surface area contributed by atoms with Crippen molar-refractivity contribution in [2.45, 2.75) is 6.10 Å². The number of aryl methyl sites for hydroxylation is 1. The highest BCUT2D eigenvalue weighted by Gasteiger charge is 2.19. The quantitative estimate of drug-likeness (QED) is 0.823. The van der Waals surface area contributed by atoms with Crippen molar-refractivity contribution in [1.29, 1.82) is 0 Å². The van der Waals surface area contributed by atoms with Gasteiger partial charge in [-0.3, -0.25) is 0 Å². The minimum Gasteiger partial charge on any atom is -0.454 e. The molecule has 6 heteroatoms. The summed E-state index contributed by atoms with van der Waals surface area (Å²) in [7, 11) is 1.73. The molecule has 3 rings (SSSR count). The van der Waals surface area contributed by atoms with Gasteiger partial charge in [-0.15, -0.1) is 5.10 Å². The first-order chi connectivity index (χ1) is 8.25. The molecule has 1 aliphatic heterocycles. The van der Waals surface area contributed by atoms with Crippen LogP contribution >= 0.6 is 0 Å². The van der Waals surface area contributed by atoms with Crippen LogP contribution in [0.1, 0.15) is 17.4 Å². The molecular weight excluding hydrogens is 222 g/mol. The molecule has 0 bridgehead atoms. The molecule has 0 fully saturated rings. The molecule has 1 N–H and O–H groups in total. The molecule has 0 saturated heterocycles. The molecule has 6 nitrogen and oxygen atoms in total. The fourth-order valence-corrected chi connectivity index (χ4v) is 1.80. The highest BCUT2D eigenvalue weighted by atomic mass is 16.7. The van der Waals surface area contributed by atoms with Crippen LogP contribution in [0.3, 0.4) is 0 Å². The first-order valence-corrected chi connectivity index (χ1v) is 5.18. The molecule has 1 aliphatic rings. The summed E-state index contributed by atoms with van der Waals surface area (Å²) < 4.78 is 12.0. The van der Waals surface area contributed by atoms with Crippen molar-refractivity contribution >= 4 is 0 Å². The van der Waals surface area contributed by atoms with Crippen molar-refractivity contribution in [3.63, 3.8) is 0 Å². The number of aromatic nitrogens is 3. The lowest BCUT2D eigenvalue weighted by atomic mass is 10.1. The number of rotatable bonds is 2. The minimum atomic E-state index is -0.774. The van der Waals surface area contributed by atoms with Gasteiger partial charge in [0.05, 0.1) is 11.9 Å². The van der Waals surface area contributed by atoms with Crippen LogP contribution in [0.15, 0.2) is 24.4 Å². The molecule has 88 valence electrons. The average Bonchev–Trinajstić information content (AvgIpc) is 2.95. The van der Waals surface area contributed by atoms with Crippen LogP contribution in [0.5, 0.6) is 11.5 Å². The van der Waals surface area contributed by atoms with Crippen LogP contribution in [-0.2, 0) is 7.05 Å². The molecule has 0 spiro atoms. The van der Waals surface area contributed by atoms with E-state index in [0.29, 0.717) is 17.2 Å². The molecule has 1 atom stereocenters. The Kier molecular flexibility index (Phi) is 2.22. The zero-order valence-corrected chi connectivity index (χ0v) is 9.20. The standard InChI is InChI=1S/C11H11N3O3/c1-14-8(5-12-13-14)11(15)7-2-3-9-10(4-7)17-6-16-9/h2-5,11,15H,6H2,1H3/t11-/m1/s1. The van der Waals surface area contributed by atoms with Gasteiger partial charge < -0.3 is 14.6 Å². The molecule has 0 radical (unpaired) electrons. The Morgan fingerprint density at radius 3 is 2.94 bits per heavy atom. The minimum absolute atomic E-state index is 0.224. The SMILES string of the molecule is Cn1nncc1[C@H](O)c1ccc2c(c1)OCO2. The Hall–Kier alpha value is -2.08. The van der Waals surface area contributed by atoms with Crippen LogP contribution in [0.2, 0.25) is 0 Å². The lowest BCUT2D eigenvalue weighted by Gasteiger charge is -2.10. The number of benzene rings is 1. The van der Waals surface area contributed by atoms with Crippen LogP contribution in [0, 0.1) is 0 Å². The molecule has 1 aromatic carbocycles. The van der Waals surface area contributed by atoms with E-state index in [1.807, 2.05) is 0 Å². The molecule has 0 unspecified atom stereocenters. The van der Waals surface area contributed by atoms with Gasteiger partial charge in [0.15, 0.2) is 11.5 Å². The second-order valence-electron chi connectivity index (χ2n) is 3.80. The summed E-state index contributed by atoms with van der Waals surface area (Å²) in [5.41, 5.74) is 1.35. The summed E-state index contributed by atoms with van der Waals surface area (Å²) in [5.74, 6) is 1.35. The number of ether oxygens (including phenoxy) is 2. The molecule has 2 heterocycles. The Labute approximate surface area is 97.4 Å². The van der Waals surface area contributed by atoms with Gasteiger partial charge in [0.25, 0.3) is 0 Å². The Bertz CT molecular complexity index is 553. The number of aliphatic hydroxyl groups excluding tert-OH is 1. The molecule has 0 amide bonds. The van der Waals surface area contributed by atoms with Gasteiger partial charge in [-0.2, -0.15) is 0 Å². The third kappa shape index (κ3) is 1.62. The van der Waals surface area contributed by atoms with E-state index in [0.717, 1.165) is 5.56 Å². The Morgan fingerprint density at radius 2 is 2.18 bits per heavy atom. The topological polar surface area (TPSA) is 69.4 Å². The molecule has 2 aromatic rings. The number of aliphatic hydroxyl groups is 1. The van der Waals surface area contributed by atoms with Gasteiger partial charge in [-0.05, 0) is 17.7 Å². The van der Waals surface area contributed by atoms with Crippen LogP contribution in [0.25, 0.3) is 0 Å². The van der Waals surface area contributed by atoms with Gasteiger partial charge >= 0.3 is 0 Å². The summed E-state index contributed by atoms with van der Waals surface area (Å²) >= 11 is 0. The van der Waals surface area contributed by atoms with Crippen molar-refractivity contribution in [2.75, 3.05) is 6.79 Å². The molecule has 0 saturated carbocycles. The Balaban J connectivity index is 1.97. The van der Waals surface area contributed by atoms with Crippen molar-refractivity contribution in [1.82, 2.24) is 15.0 Å². The van der Waals surface area contributed by atoms with E-state index in [1.165, 1.54) is 10.9 Å². The van der Waals surface area contributed by atoms with Gasteiger partial charge in [0.2, 0.25) is 6.79 Å². The smallest absolute Gasteiger partial charge is 0.231 e. The van der Waals surface area contributed by atoms with Gasteiger partial charge in [0, 0.05) is 7.05 Å². The van der Waals surface area contributed by atoms with E-state index < -0.39 is 6.10 Å². The van der Waals surface area contributed by atoms with Crippen molar-refractivity contribution < 1.29 is 14.6 Å². The molecule has 17 heavy (non-hydrogen) atoms. The highest BCUT2D eigenvalue weighted by molar-refractivity contribution is 5.46. The Morgan fingerprint density at radius 1 is 1.35 bits per heavy atom. The third-order valence-electron chi connectivity index (χ3n) is 2.74. The predicted octanol–water partition coefficient (Wildman–Crippen LogP) is 0.625. The highest BCUT2D eigenvalue weighted by Crippen LogP contribution is 2.35. The molecule has 1 aromatic heterocycles. The third-order valence-corrected chi connectivity index (χ3v) is 2.74. The van der Waals surface area contributed by atoms with E-state index in [9.17, 15) is 5.11 Å². The number of hydrogen-bond donors (Lipinski definition) is 1. The fraction of sp³-hybridized carbons (Fsp3) is 0.273. The predicted molar refractivity (Wildman–Crippen MR) is 57.6 cm³/mol. The van der Waals surface area contributed by atoms with E-state index in [-0.39, 0.29) is 6.79 Å². The number of hydrogen-bond acceptors (Lipinski definition) is 5. The zero-order valence-electron chi connectivity index (χ0n) is 9.20. The maximum atomic E-state index is 10.2. The first-order valence-electron chi connectivity index (χ1n) is 5.18. The fourth-order valence-electron chi connectivity index (χ4n) is 1.80.